The topological polar surface area (TPSA) is 90.3 Å². The zero-order valence-corrected chi connectivity index (χ0v) is 13.3. The van der Waals surface area contributed by atoms with Gasteiger partial charge in [0.05, 0.1) is 24.6 Å². The smallest absolute Gasteiger partial charge is 0.337 e. The van der Waals surface area contributed by atoms with Crippen LogP contribution in [0.1, 0.15) is 23.0 Å². The Bertz CT molecular complexity index is 796. The van der Waals surface area contributed by atoms with Crippen molar-refractivity contribution in [2.45, 2.75) is 25.3 Å². The molecule has 0 amide bonds. The molecule has 0 saturated heterocycles. The summed E-state index contributed by atoms with van der Waals surface area (Å²) in [5.41, 5.74) is 1.11. The Morgan fingerprint density at radius 3 is 2.73 bits per heavy atom. The first kappa shape index (κ1) is 16.0. The van der Waals surface area contributed by atoms with Crippen LogP contribution < -0.4 is 4.72 Å². The normalized spacial score (nSPS) is 11.2. The predicted octanol–water partition coefficient (Wildman–Crippen LogP) is 1.80. The third kappa shape index (κ3) is 3.11. The maximum atomic E-state index is 12.4. The first-order chi connectivity index (χ1) is 10.4. The molecule has 0 saturated carbocycles. The highest BCUT2D eigenvalue weighted by Crippen LogP contribution is 2.20. The summed E-state index contributed by atoms with van der Waals surface area (Å²) in [7, 11) is -2.50. The average Bonchev–Trinajstić information content (AvgIpc) is 2.88. The van der Waals surface area contributed by atoms with E-state index in [1.165, 1.54) is 19.4 Å². The Morgan fingerprint density at radius 2 is 2.14 bits per heavy atom. The Balaban J connectivity index is 2.33. The average molecular weight is 323 g/mol. The molecule has 0 aliphatic heterocycles. The number of benzene rings is 1. The molecular weight excluding hydrogens is 306 g/mol. The maximum absolute atomic E-state index is 12.4. The number of carbonyl (C=O) groups excluding carboxylic acids is 1. The molecule has 7 nitrogen and oxygen atoms in total. The van der Waals surface area contributed by atoms with Crippen molar-refractivity contribution in [3.05, 3.63) is 41.7 Å². The van der Waals surface area contributed by atoms with Gasteiger partial charge in [0.2, 0.25) is 0 Å². The number of nitrogens with zero attached hydrogens (tertiary/aromatic N) is 2. The van der Waals surface area contributed by atoms with Crippen LogP contribution in [0.4, 0.5) is 5.69 Å². The molecule has 1 aromatic carbocycles. The molecule has 1 N–H and O–H groups in total. The molecule has 0 aliphatic carbocycles. The zero-order chi connectivity index (χ0) is 16.3. The van der Waals surface area contributed by atoms with Crippen molar-refractivity contribution in [3.63, 3.8) is 0 Å². The van der Waals surface area contributed by atoms with E-state index < -0.39 is 16.0 Å². The minimum absolute atomic E-state index is 0.109. The van der Waals surface area contributed by atoms with Crippen molar-refractivity contribution in [2.75, 3.05) is 11.8 Å². The summed E-state index contributed by atoms with van der Waals surface area (Å²) in [5.74, 6) is -0.531. The van der Waals surface area contributed by atoms with Crippen LogP contribution in [-0.2, 0) is 21.3 Å². The summed E-state index contributed by atoms with van der Waals surface area (Å²) in [6, 6.07) is 6.10. The quantitative estimate of drug-likeness (QED) is 0.847. The van der Waals surface area contributed by atoms with E-state index in [0.29, 0.717) is 12.2 Å². The number of carbonyl (C=O) groups is 1. The third-order valence-electron chi connectivity index (χ3n) is 3.18. The standard InChI is InChI=1S/C14H17N3O4S/c1-4-17-10(2)13(9-15-17)22(19,20)16-12-7-5-6-11(8-12)14(18)21-3/h5-9,16H,4H2,1-3H3. The predicted molar refractivity (Wildman–Crippen MR) is 81.2 cm³/mol. The lowest BCUT2D eigenvalue weighted by Gasteiger charge is -2.09. The third-order valence-corrected chi connectivity index (χ3v) is 4.67. The Hall–Kier alpha value is -2.35. The Kier molecular flexibility index (Phi) is 4.51. The van der Waals surface area contributed by atoms with E-state index in [9.17, 15) is 13.2 Å². The van der Waals surface area contributed by atoms with Crippen molar-refractivity contribution in [3.8, 4) is 0 Å². The van der Waals surface area contributed by atoms with Gasteiger partial charge in [-0.15, -0.1) is 0 Å². The number of ether oxygens (including phenoxy) is 1. The fraction of sp³-hybridized carbons (Fsp3) is 0.286. The van der Waals surface area contributed by atoms with Gasteiger partial charge in [-0.2, -0.15) is 5.10 Å². The summed E-state index contributed by atoms with van der Waals surface area (Å²) >= 11 is 0. The highest BCUT2D eigenvalue weighted by Gasteiger charge is 2.21. The van der Waals surface area contributed by atoms with Gasteiger partial charge in [-0.05, 0) is 32.0 Å². The van der Waals surface area contributed by atoms with Gasteiger partial charge in [0.15, 0.2) is 0 Å². The molecule has 0 aliphatic rings. The monoisotopic (exact) mass is 323 g/mol. The molecule has 0 atom stereocenters. The number of hydrogen-bond donors (Lipinski definition) is 1. The highest BCUT2D eigenvalue weighted by atomic mass is 32.2. The second-order valence-corrected chi connectivity index (χ2v) is 6.24. The number of hydrogen-bond acceptors (Lipinski definition) is 5. The summed E-state index contributed by atoms with van der Waals surface area (Å²) in [6.07, 6.45) is 1.31. The summed E-state index contributed by atoms with van der Waals surface area (Å²) in [5, 5.41) is 4.02. The van der Waals surface area contributed by atoms with E-state index in [1.54, 1.807) is 29.8 Å². The van der Waals surface area contributed by atoms with Gasteiger partial charge in [0.1, 0.15) is 4.90 Å². The number of aryl methyl sites for hydroxylation is 1. The van der Waals surface area contributed by atoms with Crippen LogP contribution in [0.3, 0.4) is 0 Å². The second-order valence-electron chi connectivity index (χ2n) is 4.59. The van der Waals surface area contributed by atoms with Crippen molar-refractivity contribution < 1.29 is 17.9 Å². The number of rotatable bonds is 5. The van der Waals surface area contributed by atoms with Crippen LogP contribution in [0.5, 0.6) is 0 Å². The molecular formula is C14H17N3O4S. The van der Waals surface area contributed by atoms with Gasteiger partial charge in [-0.25, -0.2) is 13.2 Å². The lowest BCUT2D eigenvalue weighted by atomic mass is 10.2. The fourth-order valence-electron chi connectivity index (χ4n) is 2.05. The number of aromatic nitrogens is 2. The second kappa shape index (κ2) is 6.18. The molecule has 118 valence electrons. The van der Waals surface area contributed by atoms with Crippen LogP contribution in [-0.4, -0.2) is 31.3 Å². The number of anilines is 1. The first-order valence-corrected chi connectivity index (χ1v) is 8.11. The van der Waals surface area contributed by atoms with E-state index in [0.717, 1.165) is 0 Å². The van der Waals surface area contributed by atoms with Gasteiger partial charge in [-0.3, -0.25) is 9.40 Å². The molecule has 0 fully saturated rings. The number of methoxy groups -OCH3 is 1. The highest BCUT2D eigenvalue weighted by molar-refractivity contribution is 7.92. The number of sulfonamides is 1. The van der Waals surface area contributed by atoms with Crippen LogP contribution in [0.25, 0.3) is 0 Å². The van der Waals surface area contributed by atoms with Crippen LogP contribution >= 0.6 is 0 Å². The zero-order valence-electron chi connectivity index (χ0n) is 12.5. The van der Waals surface area contributed by atoms with Crippen molar-refractivity contribution in [1.82, 2.24) is 9.78 Å². The van der Waals surface area contributed by atoms with Gasteiger partial charge in [0.25, 0.3) is 10.0 Å². The van der Waals surface area contributed by atoms with Crippen LogP contribution in [0.2, 0.25) is 0 Å². The van der Waals surface area contributed by atoms with Gasteiger partial charge >= 0.3 is 5.97 Å². The summed E-state index contributed by atoms with van der Waals surface area (Å²) in [4.78, 5) is 11.6. The summed E-state index contributed by atoms with van der Waals surface area (Å²) < 4.78 is 33.5. The van der Waals surface area contributed by atoms with E-state index in [1.807, 2.05) is 6.92 Å². The Labute approximate surface area is 129 Å². The summed E-state index contributed by atoms with van der Waals surface area (Å²) in [6.45, 7) is 4.15. The number of nitrogens with one attached hydrogen (secondary N) is 1. The van der Waals surface area contributed by atoms with Crippen molar-refractivity contribution in [1.29, 1.82) is 0 Å². The van der Waals surface area contributed by atoms with Gasteiger partial charge in [-0.1, -0.05) is 6.07 Å². The maximum Gasteiger partial charge on any atom is 0.337 e. The molecule has 1 heterocycles. The molecule has 2 aromatic rings. The molecule has 0 radical (unpaired) electrons. The fourth-order valence-corrected chi connectivity index (χ4v) is 3.28. The molecule has 0 bridgehead atoms. The van der Waals surface area contributed by atoms with Crippen molar-refractivity contribution in [2.24, 2.45) is 0 Å². The van der Waals surface area contributed by atoms with E-state index in [2.05, 4.69) is 14.6 Å². The van der Waals surface area contributed by atoms with Crippen molar-refractivity contribution >= 4 is 21.7 Å². The minimum Gasteiger partial charge on any atom is -0.465 e. The molecule has 8 heteroatoms. The lowest BCUT2D eigenvalue weighted by molar-refractivity contribution is 0.0601. The van der Waals surface area contributed by atoms with Gasteiger partial charge < -0.3 is 4.74 Å². The SMILES string of the molecule is CCn1ncc(S(=O)(=O)Nc2cccc(C(=O)OC)c2)c1C. The molecule has 1 aromatic heterocycles. The minimum atomic E-state index is -3.77. The van der Waals surface area contributed by atoms with E-state index in [4.69, 9.17) is 0 Å². The molecule has 0 spiro atoms. The van der Waals surface area contributed by atoms with Gasteiger partial charge in [0, 0.05) is 12.2 Å². The largest absolute Gasteiger partial charge is 0.465 e. The van der Waals surface area contributed by atoms with Crippen LogP contribution in [0.15, 0.2) is 35.4 Å². The molecule has 0 unspecified atom stereocenters. The van der Waals surface area contributed by atoms with E-state index in [-0.39, 0.29) is 16.1 Å². The Morgan fingerprint density at radius 1 is 1.41 bits per heavy atom. The van der Waals surface area contributed by atoms with Crippen LogP contribution in [0, 0.1) is 6.92 Å². The molecule has 2 rings (SSSR count). The van der Waals surface area contributed by atoms with E-state index >= 15 is 0 Å². The lowest BCUT2D eigenvalue weighted by Crippen LogP contribution is -2.14. The first-order valence-electron chi connectivity index (χ1n) is 6.62. The number of esters is 1. The molecule has 22 heavy (non-hydrogen) atoms.